The summed E-state index contributed by atoms with van der Waals surface area (Å²) in [4.78, 5) is 2.44. The lowest BCUT2D eigenvalue weighted by molar-refractivity contribution is 0.132. The molecular weight excluding hydrogens is 238 g/mol. The molecule has 2 aliphatic heterocycles. The zero-order valence-corrected chi connectivity index (χ0v) is 10.4. The molecule has 1 atom stereocenters. The first kappa shape index (κ1) is 11.3. The lowest BCUT2D eigenvalue weighted by Crippen LogP contribution is -2.36. The molecule has 0 unspecified atom stereocenters. The second-order valence-corrected chi connectivity index (χ2v) is 5.02. The number of benzene rings is 1. The van der Waals surface area contributed by atoms with Gasteiger partial charge in [-0.2, -0.15) is 0 Å². The Kier molecular flexibility index (Phi) is 3.23. The van der Waals surface area contributed by atoms with Crippen LogP contribution in [0.3, 0.4) is 0 Å². The molecule has 0 aliphatic carbocycles. The van der Waals surface area contributed by atoms with E-state index in [0.29, 0.717) is 6.04 Å². The van der Waals surface area contributed by atoms with Crippen LogP contribution in [-0.2, 0) is 11.3 Å². The Morgan fingerprint density at radius 3 is 3.06 bits per heavy atom. The van der Waals surface area contributed by atoms with Crippen molar-refractivity contribution in [3.05, 3.63) is 28.8 Å². The van der Waals surface area contributed by atoms with Crippen LogP contribution in [0, 0.1) is 0 Å². The van der Waals surface area contributed by atoms with E-state index in [-0.39, 0.29) is 0 Å². The smallest absolute Gasteiger partial charge is 0.123 e. The predicted molar refractivity (Wildman–Crippen MR) is 66.6 cm³/mol. The van der Waals surface area contributed by atoms with Crippen LogP contribution in [-0.4, -0.2) is 37.3 Å². The maximum atomic E-state index is 6.04. The SMILES string of the molecule is Clc1ccc2c(c1)CN([C@@H]1CCOC1)CCO2. The Bertz CT molecular complexity index is 404. The van der Waals surface area contributed by atoms with Crippen LogP contribution < -0.4 is 4.74 Å². The highest BCUT2D eigenvalue weighted by molar-refractivity contribution is 6.30. The molecule has 92 valence electrons. The summed E-state index contributed by atoms with van der Waals surface area (Å²) < 4.78 is 11.2. The molecule has 3 nitrogen and oxygen atoms in total. The highest BCUT2D eigenvalue weighted by atomic mass is 35.5. The number of hydrogen-bond acceptors (Lipinski definition) is 3. The second kappa shape index (κ2) is 4.84. The summed E-state index contributed by atoms with van der Waals surface area (Å²) in [6.45, 7) is 4.33. The molecule has 0 spiro atoms. The molecule has 1 saturated heterocycles. The van der Waals surface area contributed by atoms with Gasteiger partial charge < -0.3 is 9.47 Å². The Morgan fingerprint density at radius 1 is 1.29 bits per heavy atom. The fourth-order valence-electron chi connectivity index (χ4n) is 2.50. The zero-order valence-electron chi connectivity index (χ0n) is 9.69. The predicted octanol–water partition coefficient (Wildman–Crippen LogP) is 2.32. The number of fused-ring (bicyclic) bond motifs is 1. The molecule has 0 radical (unpaired) electrons. The summed E-state index contributed by atoms with van der Waals surface area (Å²) in [6.07, 6.45) is 1.12. The third kappa shape index (κ3) is 2.41. The van der Waals surface area contributed by atoms with E-state index >= 15 is 0 Å². The van der Waals surface area contributed by atoms with Gasteiger partial charge in [-0.05, 0) is 24.6 Å². The van der Waals surface area contributed by atoms with E-state index in [1.54, 1.807) is 0 Å². The number of ether oxygens (including phenoxy) is 2. The molecule has 0 N–H and O–H groups in total. The van der Waals surface area contributed by atoms with Crippen molar-refractivity contribution in [3.63, 3.8) is 0 Å². The van der Waals surface area contributed by atoms with Gasteiger partial charge in [0.2, 0.25) is 0 Å². The van der Waals surface area contributed by atoms with Crippen LogP contribution in [0.1, 0.15) is 12.0 Å². The minimum atomic E-state index is 0.531. The van der Waals surface area contributed by atoms with E-state index in [1.165, 1.54) is 5.56 Å². The van der Waals surface area contributed by atoms with E-state index < -0.39 is 0 Å². The first-order valence-corrected chi connectivity index (χ1v) is 6.44. The molecule has 0 aromatic heterocycles. The quantitative estimate of drug-likeness (QED) is 0.767. The van der Waals surface area contributed by atoms with Gasteiger partial charge in [-0.25, -0.2) is 0 Å². The molecule has 1 aromatic rings. The Morgan fingerprint density at radius 2 is 2.24 bits per heavy atom. The van der Waals surface area contributed by atoms with Gasteiger partial charge in [0.25, 0.3) is 0 Å². The summed E-state index contributed by atoms with van der Waals surface area (Å²) >= 11 is 6.04. The van der Waals surface area contributed by atoms with E-state index in [0.717, 1.165) is 50.1 Å². The maximum absolute atomic E-state index is 6.04. The Hall–Kier alpha value is -0.770. The minimum Gasteiger partial charge on any atom is -0.492 e. The van der Waals surface area contributed by atoms with Crippen LogP contribution in [0.2, 0.25) is 5.02 Å². The fourth-order valence-corrected chi connectivity index (χ4v) is 2.70. The van der Waals surface area contributed by atoms with Crippen molar-refractivity contribution in [3.8, 4) is 5.75 Å². The molecule has 2 heterocycles. The van der Waals surface area contributed by atoms with Crippen LogP contribution in [0.15, 0.2) is 18.2 Å². The molecule has 0 bridgehead atoms. The van der Waals surface area contributed by atoms with Crippen molar-refractivity contribution >= 4 is 11.6 Å². The molecular formula is C13H16ClNO2. The molecule has 3 rings (SSSR count). The fraction of sp³-hybridized carbons (Fsp3) is 0.538. The topological polar surface area (TPSA) is 21.7 Å². The lowest BCUT2D eigenvalue weighted by Gasteiger charge is -2.25. The Balaban J connectivity index is 1.82. The van der Waals surface area contributed by atoms with Gasteiger partial charge >= 0.3 is 0 Å². The van der Waals surface area contributed by atoms with Crippen molar-refractivity contribution in [2.45, 2.75) is 19.0 Å². The lowest BCUT2D eigenvalue weighted by atomic mass is 10.1. The van der Waals surface area contributed by atoms with Gasteiger partial charge in [-0.15, -0.1) is 0 Å². The van der Waals surface area contributed by atoms with Crippen molar-refractivity contribution in [2.24, 2.45) is 0 Å². The summed E-state index contributed by atoms with van der Waals surface area (Å²) in [5, 5.41) is 0.775. The first-order valence-electron chi connectivity index (χ1n) is 6.06. The molecule has 2 aliphatic rings. The number of rotatable bonds is 1. The maximum Gasteiger partial charge on any atom is 0.123 e. The normalized spacial score (nSPS) is 25.1. The summed E-state index contributed by atoms with van der Waals surface area (Å²) in [6, 6.07) is 6.38. The Labute approximate surface area is 106 Å². The minimum absolute atomic E-state index is 0.531. The van der Waals surface area contributed by atoms with Gasteiger partial charge in [0, 0.05) is 36.3 Å². The van der Waals surface area contributed by atoms with Crippen molar-refractivity contribution in [1.82, 2.24) is 4.90 Å². The highest BCUT2D eigenvalue weighted by Gasteiger charge is 2.25. The van der Waals surface area contributed by atoms with Gasteiger partial charge in [0.15, 0.2) is 0 Å². The summed E-state index contributed by atoms with van der Waals surface area (Å²) in [7, 11) is 0. The molecule has 0 amide bonds. The van der Waals surface area contributed by atoms with Gasteiger partial charge in [0.1, 0.15) is 12.4 Å². The van der Waals surface area contributed by atoms with Crippen LogP contribution in [0.5, 0.6) is 5.75 Å². The highest BCUT2D eigenvalue weighted by Crippen LogP contribution is 2.28. The van der Waals surface area contributed by atoms with E-state index in [4.69, 9.17) is 21.1 Å². The summed E-state index contributed by atoms with van der Waals surface area (Å²) in [5.74, 6) is 0.968. The monoisotopic (exact) mass is 253 g/mol. The van der Waals surface area contributed by atoms with Crippen LogP contribution in [0.25, 0.3) is 0 Å². The van der Waals surface area contributed by atoms with Gasteiger partial charge in [0.05, 0.1) is 6.61 Å². The van der Waals surface area contributed by atoms with E-state index in [1.807, 2.05) is 18.2 Å². The third-order valence-electron chi connectivity index (χ3n) is 3.45. The van der Waals surface area contributed by atoms with E-state index in [9.17, 15) is 0 Å². The molecule has 1 aromatic carbocycles. The molecule has 17 heavy (non-hydrogen) atoms. The second-order valence-electron chi connectivity index (χ2n) is 4.59. The van der Waals surface area contributed by atoms with Crippen LogP contribution >= 0.6 is 11.6 Å². The van der Waals surface area contributed by atoms with Crippen molar-refractivity contribution < 1.29 is 9.47 Å². The molecule has 0 saturated carbocycles. The standard InChI is InChI=1S/C13H16ClNO2/c14-11-1-2-13-10(7-11)8-15(4-6-17-13)12-3-5-16-9-12/h1-2,7,12H,3-6,8-9H2/t12-/m1/s1. The number of hydrogen-bond donors (Lipinski definition) is 0. The largest absolute Gasteiger partial charge is 0.492 e. The third-order valence-corrected chi connectivity index (χ3v) is 3.69. The average molecular weight is 254 g/mol. The van der Waals surface area contributed by atoms with Crippen molar-refractivity contribution in [2.75, 3.05) is 26.4 Å². The van der Waals surface area contributed by atoms with Gasteiger partial charge in [-0.3, -0.25) is 4.90 Å². The average Bonchev–Trinajstić information content (AvgIpc) is 2.77. The first-order chi connectivity index (χ1) is 8.33. The van der Waals surface area contributed by atoms with Gasteiger partial charge in [-0.1, -0.05) is 11.6 Å². The summed E-state index contributed by atoms with van der Waals surface area (Å²) in [5.41, 5.74) is 1.18. The van der Waals surface area contributed by atoms with E-state index in [2.05, 4.69) is 4.90 Å². The molecule has 4 heteroatoms. The van der Waals surface area contributed by atoms with Crippen molar-refractivity contribution in [1.29, 1.82) is 0 Å². The number of nitrogens with zero attached hydrogens (tertiary/aromatic N) is 1. The van der Waals surface area contributed by atoms with Crippen LogP contribution in [0.4, 0.5) is 0 Å². The number of halogens is 1. The molecule has 1 fully saturated rings. The zero-order chi connectivity index (χ0) is 11.7.